The third-order valence-corrected chi connectivity index (χ3v) is 3.86. The summed E-state index contributed by atoms with van der Waals surface area (Å²) in [6.07, 6.45) is 4.93. The van der Waals surface area contributed by atoms with Crippen LogP contribution in [-0.2, 0) is 9.53 Å². The van der Waals surface area contributed by atoms with Crippen molar-refractivity contribution < 1.29 is 9.53 Å². The van der Waals surface area contributed by atoms with Crippen molar-refractivity contribution in [3.05, 3.63) is 18.5 Å². The van der Waals surface area contributed by atoms with E-state index in [4.69, 9.17) is 10.5 Å². The van der Waals surface area contributed by atoms with Gasteiger partial charge in [0.25, 0.3) is 0 Å². The first-order valence-corrected chi connectivity index (χ1v) is 6.34. The molecule has 3 rings (SSSR count). The zero-order valence-electron chi connectivity index (χ0n) is 10.3. The molecular formula is C12H18N4O2. The number of likely N-dealkylation sites (tertiary alicyclic amines) is 1. The van der Waals surface area contributed by atoms with Crippen LogP contribution in [-0.4, -0.2) is 52.4 Å². The van der Waals surface area contributed by atoms with Crippen LogP contribution in [0.1, 0.15) is 18.9 Å². The van der Waals surface area contributed by atoms with Crippen molar-refractivity contribution in [2.75, 3.05) is 26.3 Å². The van der Waals surface area contributed by atoms with Gasteiger partial charge >= 0.3 is 0 Å². The van der Waals surface area contributed by atoms with Crippen LogP contribution in [0, 0.1) is 0 Å². The minimum atomic E-state index is -0.715. The van der Waals surface area contributed by atoms with Crippen LogP contribution >= 0.6 is 0 Å². The summed E-state index contributed by atoms with van der Waals surface area (Å²) in [4.78, 5) is 14.2. The number of rotatable bonds is 2. The second-order valence-electron chi connectivity index (χ2n) is 5.12. The van der Waals surface area contributed by atoms with E-state index in [0.717, 1.165) is 0 Å². The van der Waals surface area contributed by atoms with E-state index in [2.05, 4.69) is 5.10 Å². The number of hydrogen-bond acceptors (Lipinski definition) is 4. The first kappa shape index (κ1) is 11.7. The van der Waals surface area contributed by atoms with E-state index in [9.17, 15) is 4.79 Å². The van der Waals surface area contributed by atoms with Crippen LogP contribution in [0.2, 0.25) is 0 Å². The fourth-order valence-electron chi connectivity index (χ4n) is 2.55. The average molecular weight is 250 g/mol. The molecule has 0 bridgehead atoms. The molecule has 6 heteroatoms. The van der Waals surface area contributed by atoms with Crippen LogP contribution in [0.15, 0.2) is 18.5 Å². The Morgan fingerprint density at radius 1 is 1.39 bits per heavy atom. The van der Waals surface area contributed by atoms with Crippen LogP contribution < -0.4 is 5.73 Å². The molecule has 98 valence electrons. The van der Waals surface area contributed by atoms with Gasteiger partial charge in [0, 0.05) is 38.7 Å². The van der Waals surface area contributed by atoms with E-state index in [1.165, 1.54) is 0 Å². The number of ether oxygens (including phenoxy) is 1. The van der Waals surface area contributed by atoms with Gasteiger partial charge in [0.15, 0.2) is 0 Å². The maximum absolute atomic E-state index is 12.3. The lowest BCUT2D eigenvalue weighted by Gasteiger charge is -2.44. The van der Waals surface area contributed by atoms with E-state index in [1.54, 1.807) is 6.20 Å². The second kappa shape index (κ2) is 4.37. The molecule has 1 aromatic rings. The van der Waals surface area contributed by atoms with Crippen molar-refractivity contribution >= 4 is 5.91 Å². The van der Waals surface area contributed by atoms with Crippen molar-refractivity contribution in [3.8, 4) is 0 Å². The zero-order valence-corrected chi connectivity index (χ0v) is 10.3. The molecule has 1 aromatic heterocycles. The summed E-state index contributed by atoms with van der Waals surface area (Å²) in [7, 11) is 0. The van der Waals surface area contributed by atoms with E-state index < -0.39 is 5.54 Å². The Morgan fingerprint density at radius 2 is 2.11 bits per heavy atom. The molecule has 0 spiro atoms. The Morgan fingerprint density at radius 3 is 2.72 bits per heavy atom. The summed E-state index contributed by atoms with van der Waals surface area (Å²) < 4.78 is 7.16. The van der Waals surface area contributed by atoms with E-state index in [0.29, 0.717) is 45.2 Å². The molecule has 2 fully saturated rings. The van der Waals surface area contributed by atoms with Crippen LogP contribution in [0.5, 0.6) is 0 Å². The number of nitrogens with zero attached hydrogens (tertiary/aromatic N) is 3. The molecule has 2 saturated heterocycles. The normalized spacial score (nSPS) is 23.7. The van der Waals surface area contributed by atoms with Gasteiger partial charge in [-0.2, -0.15) is 5.10 Å². The highest BCUT2D eigenvalue weighted by Gasteiger charge is 2.43. The number of carbonyl (C=O) groups excluding carboxylic acids is 1. The Bertz CT molecular complexity index is 419. The van der Waals surface area contributed by atoms with Gasteiger partial charge in [-0.3, -0.25) is 9.48 Å². The lowest BCUT2D eigenvalue weighted by molar-refractivity contribution is -0.146. The highest BCUT2D eigenvalue weighted by atomic mass is 16.5. The summed E-state index contributed by atoms with van der Waals surface area (Å²) in [5.74, 6) is 0.0641. The van der Waals surface area contributed by atoms with Crippen molar-refractivity contribution in [2.45, 2.75) is 24.4 Å². The van der Waals surface area contributed by atoms with Crippen molar-refractivity contribution in [1.82, 2.24) is 14.7 Å². The molecule has 6 nitrogen and oxygen atoms in total. The van der Waals surface area contributed by atoms with Crippen LogP contribution in [0.3, 0.4) is 0 Å². The van der Waals surface area contributed by atoms with Gasteiger partial charge in [-0.25, -0.2) is 0 Å². The zero-order chi connectivity index (χ0) is 12.6. The molecule has 0 atom stereocenters. The molecule has 0 unspecified atom stereocenters. The Labute approximate surface area is 106 Å². The molecule has 2 N–H and O–H groups in total. The molecule has 0 radical (unpaired) electrons. The summed E-state index contributed by atoms with van der Waals surface area (Å²) in [6.45, 7) is 2.58. The predicted octanol–water partition coefficient (Wildman–Crippen LogP) is -0.226. The third kappa shape index (κ3) is 1.91. The number of carbonyl (C=O) groups is 1. The van der Waals surface area contributed by atoms with Gasteiger partial charge in [0.05, 0.1) is 11.6 Å². The topological polar surface area (TPSA) is 73.4 Å². The Kier molecular flexibility index (Phi) is 2.83. The highest BCUT2D eigenvalue weighted by molar-refractivity contribution is 5.87. The van der Waals surface area contributed by atoms with Gasteiger partial charge in [-0.15, -0.1) is 0 Å². The van der Waals surface area contributed by atoms with E-state index >= 15 is 0 Å². The number of amides is 1. The molecule has 2 aliphatic rings. The molecule has 0 saturated carbocycles. The quantitative estimate of drug-likeness (QED) is 0.787. The fourth-order valence-corrected chi connectivity index (χ4v) is 2.55. The maximum atomic E-state index is 12.3. The molecule has 2 aliphatic heterocycles. The minimum absolute atomic E-state index is 0.0641. The van der Waals surface area contributed by atoms with E-state index in [-0.39, 0.29) is 5.91 Å². The van der Waals surface area contributed by atoms with Crippen LogP contribution in [0.4, 0.5) is 0 Å². The number of aromatic nitrogens is 2. The third-order valence-electron chi connectivity index (χ3n) is 3.86. The molecule has 0 aliphatic carbocycles. The Hall–Kier alpha value is -1.40. The molecule has 3 heterocycles. The monoisotopic (exact) mass is 250 g/mol. The summed E-state index contributed by atoms with van der Waals surface area (Å²) in [5, 5.41) is 4.19. The van der Waals surface area contributed by atoms with Crippen molar-refractivity contribution in [1.29, 1.82) is 0 Å². The van der Waals surface area contributed by atoms with Crippen molar-refractivity contribution in [2.24, 2.45) is 5.73 Å². The first-order valence-electron chi connectivity index (χ1n) is 6.34. The summed E-state index contributed by atoms with van der Waals surface area (Å²) in [6, 6.07) is 2.19. The number of hydrogen-bond donors (Lipinski definition) is 1. The highest BCUT2D eigenvalue weighted by Crippen LogP contribution is 2.27. The van der Waals surface area contributed by atoms with Crippen LogP contribution in [0.25, 0.3) is 0 Å². The van der Waals surface area contributed by atoms with Gasteiger partial charge in [0.2, 0.25) is 5.91 Å². The smallest absolute Gasteiger partial charge is 0.242 e. The van der Waals surface area contributed by atoms with Gasteiger partial charge < -0.3 is 15.4 Å². The lowest BCUT2D eigenvalue weighted by Crippen LogP contribution is -2.63. The molecular weight excluding hydrogens is 232 g/mol. The van der Waals surface area contributed by atoms with Crippen molar-refractivity contribution in [3.63, 3.8) is 0 Å². The molecule has 1 amide bonds. The largest absolute Gasteiger partial charge is 0.381 e. The fraction of sp³-hybridized carbons (Fsp3) is 0.667. The number of nitrogens with two attached hydrogens (primary N) is 1. The summed E-state index contributed by atoms with van der Waals surface area (Å²) >= 11 is 0. The van der Waals surface area contributed by atoms with Gasteiger partial charge in [-0.05, 0) is 18.9 Å². The predicted molar refractivity (Wildman–Crippen MR) is 64.8 cm³/mol. The maximum Gasteiger partial charge on any atom is 0.242 e. The average Bonchev–Trinajstić information content (AvgIpc) is 2.81. The summed E-state index contributed by atoms with van der Waals surface area (Å²) in [5.41, 5.74) is 5.47. The second-order valence-corrected chi connectivity index (χ2v) is 5.12. The Balaban J connectivity index is 1.59. The van der Waals surface area contributed by atoms with Gasteiger partial charge in [0.1, 0.15) is 0 Å². The molecule has 18 heavy (non-hydrogen) atoms. The first-order chi connectivity index (χ1) is 8.69. The molecule has 0 aromatic carbocycles. The standard InChI is InChI=1S/C12H18N4O2/c13-12(2-6-18-7-3-12)11(17)15-8-10(9-15)16-5-1-4-14-16/h1,4-5,10H,2-3,6-9,13H2. The minimum Gasteiger partial charge on any atom is -0.381 e. The van der Waals surface area contributed by atoms with E-state index in [1.807, 2.05) is 21.8 Å². The lowest BCUT2D eigenvalue weighted by atomic mass is 9.88. The SMILES string of the molecule is NC1(C(=O)N2CC(n3cccn3)C2)CCOCC1. The van der Waals surface area contributed by atoms with Gasteiger partial charge in [-0.1, -0.05) is 0 Å².